The number of alkyl carbamates (subject to hydrolysis) is 1. The number of nitrogens with one attached hydrogen (secondary N) is 1. The molecule has 0 saturated carbocycles. The van der Waals surface area contributed by atoms with Gasteiger partial charge in [0.1, 0.15) is 16.7 Å². The van der Waals surface area contributed by atoms with Crippen molar-refractivity contribution < 1.29 is 14.3 Å². The molecule has 1 fully saturated rings. The molecular formula is C28H37N5O3S2. The summed E-state index contributed by atoms with van der Waals surface area (Å²) in [5.74, 6) is 0.762. The molecule has 10 heteroatoms. The van der Waals surface area contributed by atoms with Gasteiger partial charge in [0.2, 0.25) is 0 Å². The van der Waals surface area contributed by atoms with Gasteiger partial charge in [0.15, 0.2) is 5.96 Å². The Hall–Kier alpha value is -2.66. The average Bonchev–Trinajstić information content (AvgIpc) is 3.29. The van der Waals surface area contributed by atoms with Gasteiger partial charge >= 0.3 is 6.09 Å². The van der Waals surface area contributed by atoms with Crippen LogP contribution in [0.15, 0.2) is 58.4 Å². The highest BCUT2D eigenvalue weighted by Gasteiger charge is 2.26. The Morgan fingerprint density at radius 1 is 1.24 bits per heavy atom. The van der Waals surface area contributed by atoms with E-state index in [9.17, 15) is 4.79 Å². The maximum absolute atomic E-state index is 11.8. The molecule has 1 unspecified atom stereocenters. The lowest BCUT2D eigenvalue weighted by atomic mass is 10.1. The van der Waals surface area contributed by atoms with Crippen LogP contribution in [0.5, 0.6) is 0 Å². The molecule has 4 rings (SSSR count). The van der Waals surface area contributed by atoms with Gasteiger partial charge < -0.3 is 20.1 Å². The van der Waals surface area contributed by atoms with Crippen molar-refractivity contribution in [3.63, 3.8) is 0 Å². The van der Waals surface area contributed by atoms with Crippen molar-refractivity contribution >= 4 is 45.4 Å². The minimum Gasteiger partial charge on any atom is -0.444 e. The minimum absolute atomic E-state index is 0.0519. The first kappa shape index (κ1) is 28.4. The number of rotatable bonds is 8. The molecule has 38 heavy (non-hydrogen) atoms. The Balaban J connectivity index is 1.42. The van der Waals surface area contributed by atoms with Gasteiger partial charge in [0.05, 0.1) is 22.9 Å². The number of guanidine groups is 1. The summed E-state index contributed by atoms with van der Waals surface area (Å²) >= 11 is 3.38. The Morgan fingerprint density at radius 3 is 2.74 bits per heavy atom. The van der Waals surface area contributed by atoms with Crippen LogP contribution in [0.4, 0.5) is 4.79 Å². The van der Waals surface area contributed by atoms with Gasteiger partial charge in [-0.15, -0.1) is 23.1 Å². The van der Waals surface area contributed by atoms with Crippen molar-refractivity contribution in [3.8, 4) is 0 Å². The van der Waals surface area contributed by atoms with E-state index in [1.54, 1.807) is 43.9 Å². The second-order valence-corrected chi connectivity index (χ2v) is 12.6. The van der Waals surface area contributed by atoms with E-state index >= 15 is 0 Å². The number of aromatic nitrogens is 1. The van der Waals surface area contributed by atoms with E-state index in [1.165, 1.54) is 4.70 Å². The molecule has 8 nitrogen and oxygen atoms in total. The van der Waals surface area contributed by atoms with Gasteiger partial charge in [-0.3, -0.25) is 10.3 Å². The molecule has 204 valence electrons. The number of piperidine rings is 1. The van der Waals surface area contributed by atoms with Gasteiger partial charge in [0, 0.05) is 23.7 Å². The third-order valence-electron chi connectivity index (χ3n) is 5.96. The highest BCUT2D eigenvalue weighted by Crippen LogP contribution is 2.36. The standard InChI is InChI=1S/C28H37N5O3S2/c1-28(2,3)36-27(34)32-26(29)30-14-17-37-21-9-7-8-19(18-21)24(35-20-12-15-33(4)16-13-20)25-31-22-10-5-6-11-23(22)38-25/h5-11,18,20,24H,12-17H2,1-4H3,(H3,29,30,32,34). The molecule has 2 aromatic carbocycles. The summed E-state index contributed by atoms with van der Waals surface area (Å²) in [6, 6.07) is 16.7. The number of amides is 1. The largest absolute Gasteiger partial charge is 0.444 e. The van der Waals surface area contributed by atoms with Crippen LogP contribution in [0.2, 0.25) is 0 Å². The smallest absolute Gasteiger partial charge is 0.414 e. The normalized spacial score (nSPS) is 16.5. The molecule has 3 N–H and O–H groups in total. The number of carbonyl (C=O) groups is 1. The topological polar surface area (TPSA) is 102 Å². The number of nitrogens with zero attached hydrogens (tertiary/aromatic N) is 3. The maximum atomic E-state index is 11.8. The molecule has 0 spiro atoms. The lowest BCUT2D eigenvalue weighted by Crippen LogP contribution is -2.40. The number of benzene rings is 2. The fraction of sp³-hybridized carbons (Fsp3) is 0.464. The van der Waals surface area contributed by atoms with E-state index in [2.05, 4.69) is 58.7 Å². The van der Waals surface area contributed by atoms with Crippen LogP contribution in [-0.4, -0.2) is 66.1 Å². The zero-order chi connectivity index (χ0) is 27.1. The first-order valence-electron chi connectivity index (χ1n) is 12.9. The Labute approximate surface area is 233 Å². The summed E-state index contributed by atoms with van der Waals surface area (Å²) in [5, 5.41) is 3.45. The molecular weight excluding hydrogens is 518 g/mol. The first-order valence-corrected chi connectivity index (χ1v) is 14.7. The highest BCUT2D eigenvalue weighted by molar-refractivity contribution is 7.99. The molecule has 0 aliphatic carbocycles. The second-order valence-electron chi connectivity index (χ2n) is 10.4. The summed E-state index contributed by atoms with van der Waals surface area (Å²) in [6.45, 7) is 7.93. The predicted molar refractivity (Wildman–Crippen MR) is 156 cm³/mol. The van der Waals surface area contributed by atoms with Crippen molar-refractivity contribution in [2.75, 3.05) is 32.4 Å². The first-order chi connectivity index (χ1) is 18.2. The van der Waals surface area contributed by atoms with Crippen LogP contribution in [0.1, 0.15) is 50.3 Å². The number of hydrogen-bond acceptors (Lipinski definition) is 8. The number of aliphatic imine (C=N–C) groups is 1. The summed E-state index contributed by atoms with van der Waals surface area (Å²) in [4.78, 5) is 24.5. The third-order valence-corrected chi connectivity index (χ3v) is 8.01. The number of likely N-dealkylation sites (tertiary alicyclic amines) is 1. The Morgan fingerprint density at radius 2 is 2.00 bits per heavy atom. The molecule has 1 saturated heterocycles. The number of carbonyl (C=O) groups excluding carboxylic acids is 1. The van der Waals surface area contributed by atoms with E-state index in [-0.39, 0.29) is 18.2 Å². The number of fused-ring (bicyclic) bond motifs is 1. The predicted octanol–water partition coefficient (Wildman–Crippen LogP) is 5.43. The maximum Gasteiger partial charge on any atom is 0.414 e. The molecule has 0 radical (unpaired) electrons. The quantitative estimate of drug-likeness (QED) is 0.165. The van der Waals surface area contributed by atoms with E-state index in [0.717, 1.165) is 46.9 Å². The Kier molecular flexibility index (Phi) is 9.64. The molecule has 3 aromatic rings. The number of ether oxygens (including phenoxy) is 2. The van der Waals surface area contributed by atoms with Crippen LogP contribution in [0.3, 0.4) is 0 Å². The van der Waals surface area contributed by atoms with E-state index < -0.39 is 11.7 Å². The van der Waals surface area contributed by atoms with Crippen LogP contribution in [0.25, 0.3) is 10.2 Å². The molecule has 1 aromatic heterocycles. The van der Waals surface area contributed by atoms with Crippen LogP contribution >= 0.6 is 23.1 Å². The zero-order valence-electron chi connectivity index (χ0n) is 22.5. The van der Waals surface area contributed by atoms with Crippen LogP contribution in [-0.2, 0) is 9.47 Å². The van der Waals surface area contributed by atoms with Crippen LogP contribution < -0.4 is 11.1 Å². The average molecular weight is 556 g/mol. The van der Waals surface area contributed by atoms with Crippen LogP contribution in [0, 0.1) is 0 Å². The van der Waals surface area contributed by atoms with Crippen molar-refractivity contribution in [1.29, 1.82) is 0 Å². The third kappa shape index (κ3) is 8.42. The lowest BCUT2D eigenvalue weighted by molar-refractivity contribution is -0.0235. The molecule has 1 atom stereocenters. The Bertz CT molecular complexity index is 1220. The fourth-order valence-electron chi connectivity index (χ4n) is 4.14. The number of thioether (sulfide) groups is 1. The molecule has 1 aliphatic rings. The monoisotopic (exact) mass is 555 g/mol. The summed E-state index contributed by atoms with van der Waals surface area (Å²) in [5.41, 5.74) is 7.35. The van der Waals surface area contributed by atoms with E-state index in [1.807, 2.05) is 12.1 Å². The second kappa shape index (κ2) is 12.9. The van der Waals surface area contributed by atoms with Gasteiger partial charge in [-0.2, -0.15) is 0 Å². The zero-order valence-corrected chi connectivity index (χ0v) is 24.1. The summed E-state index contributed by atoms with van der Waals surface area (Å²) in [7, 11) is 2.16. The van der Waals surface area contributed by atoms with Gasteiger partial charge in [-0.05, 0) is 70.5 Å². The van der Waals surface area contributed by atoms with Crippen molar-refractivity contribution in [2.24, 2.45) is 10.7 Å². The fourth-order valence-corrected chi connectivity index (χ4v) is 5.99. The number of para-hydroxylation sites is 1. The number of nitrogens with two attached hydrogens (primary N) is 1. The number of hydrogen-bond donors (Lipinski definition) is 2. The molecule has 1 amide bonds. The van der Waals surface area contributed by atoms with Crippen molar-refractivity contribution in [2.45, 2.75) is 56.3 Å². The number of thiazole rings is 1. The molecule has 0 bridgehead atoms. The van der Waals surface area contributed by atoms with Gasteiger partial charge in [0.25, 0.3) is 0 Å². The van der Waals surface area contributed by atoms with E-state index in [0.29, 0.717) is 12.3 Å². The van der Waals surface area contributed by atoms with Gasteiger partial charge in [-0.1, -0.05) is 24.3 Å². The highest BCUT2D eigenvalue weighted by atomic mass is 32.2. The minimum atomic E-state index is -0.607. The van der Waals surface area contributed by atoms with Gasteiger partial charge in [-0.25, -0.2) is 9.78 Å². The summed E-state index contributed by atoms with van der Waals surface area (Å²) in [6.07, 6.45) is 1.42. The SMILES string of the molecule is CN1CCC(OC(c2cccc(SCCN=C(N)NC(=O)OC(C)(C)C)c2)c2nc3ccccc3s2)CC1. The lowest BCUT2D eigenvalue weighted by Gasteiger charge is -2.31. The van der Waals surface area contributed by atoms with E-state index in [4.69, 9.17) is 20.2 Å². The molecule has 2 heterocycles. The van der Waals surface area contributed by atoms with Crippen molar-refractivity contribution in [3.05, 3.63) is 59.1 Å². The van der Waals surface area contributed by atoms with Crippen molar-refractivity contribution in [1.82, 2.24) is 15.2 Å². The molecule has 1 aliphatic heterocycles. The summed E-state index contributed by atoms with van der Waals surface area (Å²) < 4.78 is 13.1.